The van der Waals surface area contributed by atoms with Crippen molar-refractivity contribution in [2.24, 2.45) is 0 Å². The number of aromatic nitrogens is 1. The first kappa shape index (κ1) is 13.4. The minimum absolute atomic E-state index is 0.136. The summed E-state index contributed by atoms with van der Waals surface area (Å²) in [7, 11) is 0. The van der Waals surface area contributed by atoms with Crippen molar-refractivity contribution in [3.8, 4) is 17.4 Å². The molecule has 0 spiro atoms. The van der Waals surface area contributed by atoms with Gasteiger partial charge in [0.05, 0.1) is 10.6 Å². The molecule has 0 bridgehead atoms. The van der Waals surface area contributed by atoms with Crippen molar-refractivity contribution in [1.82, 2.24) is 4.57 Å². The predicted molar refractivity (Wildman–Crippen MR) is 72.4 cm³/mol. The largest absolute Gasteiger partial charge is 0.494 e. The highest BCUT2D eigenvalue weighted by atomic mass is 19.1. The zero-order chi connectivity index (χ0) is 15.1. The number of rotatable bonds is 2. The van der Waals surface area contributed by atoms with Gasteiger partial charge in [-0.15, -0.1) is 0 Å². The average molecular weight is 292 g/mol. The van der Waals surface area contributed by atoms with Crippen LogP contribution in [0.3, 0.4) is 0 Å². The van der Waals surface area contributed by atoms with Crippen LogP contribution in [0.1, 0.15) is 24.0 Å². The molecule has 0 fully saturated rings. The molecule has 6 nitrogen and oxygen atoms in total. The Bertz CT molecular complexity index is 710. The number of halogens is 1. The van der Waals surface area contributed by atoms with Crippen molar-refractivity contribution in [2.75, 3.05) is 0 Å². The highest BCUT2D eigenvalue weighted by molar-refractivity contribution is 5.55. The molecule has 21 heavy (non-hydrogen) atoms. The number of aromatic hydroxyl groups is 2. The predicted octanol–water partition coefficient (Wildman–Crippen LogP) is 2.81. The monoisotopic (exact) mass is 292 g/mol. The molecule has 0 amide bonds. The van der Waals surface area contributed by atoms with Gasteiger partial charge in [-0.1, -0.05) is 0 Å². The lowest BCUT2D eigenvalue weighted by Gasteiger charge is -2.09. The van der Waals surface area contributed by atoms with Crippen LogP contribution in [0, 0.1) is 15.9 Å². The Morgan fingerprint density at radius 2 is 1.71 bits per heavy atom. The van der Waals surface area contributed by atoms with E-state index in [2.05, 4.69) is 0 Å². The molecule has 1 aliphatic carbocycles. The van der Waals surface area contributed by atoms with Crippen LogP contribution in [-0.2, 0) is 12.8 Å². The first-order chi connectivity index (χ1) is 10.0. The molecule has 1 aliphatic rings. The quantitative estimate of drug-likeness (QED) is 0.658. The Balaban J connectivity index is 2.19. The minimum Gasteiger partial charge on any atom is -0.494 e. The van der Waals surface area contributed by atoms with Crippen molar-refractivity contribution >= 4 is 5.69 Å². The van der Waals surface area contributed by atoms with Gasteiger partial charge < -0.3 is 10.2 Å². The second-order valence-electron chi connectivity index (χ2n) is 5.04. The summed E-state index contributed by atoms with van der Waals surface area (Å²) in [5, 5.41) is 31.3. The number of hydrogen-bond donors (Lipinski definition) is 2. The van der Waals surface area contributed by atoms with Crippen molar-refractivity contribution in [3.63, 3.8) is 0 Å². The second-order valence-corrected chi connectivity index (χ2v) is 5.04. The fourth-order valence-corrected chi connectivity index (χ4v) is 2.79. The maximum atomic E-state index is 13.4. The molecular formula is C14H13FN2O4. The molecule has 1 aromatic heterocycles. The van der Waals surface area contributed by atoms with Crippen LogP contribution >= 0.6 is 0 Å². The Labute approximate surface area is 119 Å². The average Bonchev–Trinajstić information content (AvgIpc) is 2.72. The molecule has 3 rings (SSSR count). The van der Waals surface area contributed by atoms with E-state index >= 15 is 0 Å². The van der Waals surface area contributed by atoms with Crippen molar-refractivity contribution < 1.29 is 19.5 Å². The van der Waals surface area contributed by atoms with Gasteiger partial charge in [-0.05, 0) is 37.8 Å². The molecule has 1 heterocycles. The highest BCUT2D eigenvalue weighted by Crippen LogP contribution is 2.41. The molecule has 2 aromatic rings. The van der Waals surface area contributed by atoms with Gasteiger partial charge in [0.25, 0.3) is 0 Å². The topological polar surface area (TPSA) is 88.5 Å². The van der Waals surface area contributed by atoms with Gasteiger partial charge in [-0.3, -0.25) is 14.7 Å². The van der Waals surface area contributed by atoms with Gasteiger partial charge in [-0.25, -0.2) is 0 Å². The van der Waals surface area contributed by atoms with Crippen LogP contribution in [-0.4, -0.2) is 19.7 Å². The van der Waals surface area contributed by atoms with Gasteiger partial charge in [0, 0.05) is 17.2 Å². The van der Waals surface area contributed by atoms with Gasteiger partial charge in [0.15, 0.2) is 0 Å². The summed E-state index contributed by atoms with van der Waals surface area (Å²) in [6.45, 7) is 0. The molecule has 2 N–H and O–H groups in total. The summed E-state index contributed by atoms with van der Waals surface area (Å²) in [4.78, 5) is 9.96. The third-order valence-corrected chi connectivity index (χ3v) is 3.82. The Morgan fingerprint density at radius 3 is 2.24 bits per heavy atom. The van der Waals surface area contributed by atoms with Crippen molar-refractivity contribution in [2.45, 2.75) is 25.7 Å². The fourth-order valence-electron chi connectivity index (χ4n) is 2.79. The van der Waals surface area contributed by atoms with Crippen LogP contribution < -0.4 is 0 Å². The molecule has 0 saturated heterocycles. The number of nitro benzene ring substituents is 1. The summed E-state index contributed by atoms with van der Waals surface area (Å²) in [5.41, 5.74) is 0.780. The summed E-state index contributed by atoms with van der Waals surface area (Å²) < 4.78 is 14.5. The maximum absolute atomic E-state index is 13.4. The van der Waals surface area contributed by atoms with Crippen LogP contribution in [0.5, 0.6) is 11.8 Å². The fraction of sp³-hybridized carbons (Fsp3) is 0.286. The highest BCUT2D eigenvalue weighted by Gasteiger charge is 2.26. The number of hydrogen-bond acceptors (Lipinski definition) is 4. The van der Waals surface area contributed by atoms with Crippen LogP contribution in [0.15, 0.2) is 18.2 Å². The normalized spacial score (nSPS) is 14.0. The Hall–Kier alpha value is -2.57. The molecule has 1 aromatic carbocycles. The zero-order valence-corrected chi connectivity index (χ0v) is 11.0. The summed E-state index contributed by atoms with van der Waals surface area (Å²) in [6, 6.07) is 3.23. The minimum atomic E-state index is -0.959. The third-order valence-electron chi connectivity index (χ3n) is 3.82. The first-order valence-corrected chi connectivity index (χ1v) is 6.59. The van der Waals surface area contributed by atoms with E-state index in [1.807, 2.05) is 0 Å². The lowest BCUT2D eigenvalue weighted by molar-refractivity contribution is -0.387. The summed E-state index contributed by atoms with van der Waals surface area (Å²) in [5.74, 6) is -1.23. The van der Waals surface area contributed by atoms with Crippen LogP contribution in [0.25, 0.3) is 5.69 Å². The standard InChI is InChI=1S/C14H13FN2O4/c15-11-6-5-8(7-12(11)17(20)21)16-13(18)9-3-1-2-4-10(9)14(16)19/h5-7,18-19H,1-4H2. The van der Waals surface area contributed by atoms with Gasteiger partial charge >= 0.3 is 5.69 Å². The molecular weight excluding hydrogens is 279 g/mol. The first-order valence-electron chi connectivity index (χ1n) is 6.59. The van der Waals surface area contributed by atoms with E-state index in [4.69, 9.17) is 0 Å². The van der Waals surface area contributed by atoms with Crippen molar-refractivity contribution in [1.29, 1.82) is 0 Å². The van der Waals surface area contributed by atoms with E-state index in [1.165, 1.54) is 6.07 Å². The van der Waals surface area contributed by atoms with E-state index < -0.39 is 16.4 Å². The van der Waals surface area contributed by atoms with Crippen molar-refractivity contribution in [3.05, 3.63) is 45.3 Å². The van der Waals surface area contributed by atoms with E-state index in [0.717, 1.165) is 29.5 Å². The number of nitro groups is 1. The molecule has 0 aliphatic heterocycles. The smallest absolute Gasteiger partial charge is 0.306 e. The lowest BCUT2D eigenvalue weighted by Crippen LogP contribution is -1.98. The SMILES string of the molecule is O=[N+]([O-])c1cc(-n2c(O)c3c(c2O)CCCC3)ccc1F. The molecule has 7 heteroatoms. The van der Waals surface area contributed by atoms with Gasteiger partial charge in [0.1, 0.15) is 0 Å². The Morgan fingerprint density at radius 1 is 1.14 bits per heavy atom. The molecule has 0 atom stereocenters. The molecule has 110 valence electrons. The third kappa shape index (κ3) is 2.01. The summed E-state index contributed by atoms with van der Waals surface area (Å²) >= 11 is 0. The van der Waals surface area contributed by atoms with Gasteiger partial charge in [-0.2, -0.15) is 4.39 Å². The maximum Gasteiger partial charge on any atom is 0.306 e. The Kier molecular flexibility index (Phi) is 3.04. The number of nitrogens with zero attached hydrogens (tertiary/aromatic N) is 2. The lowest BCUT2D eigenvalue weighted by atomic mass is 9.95. The zero-order valence-electron chi connectivity index (χ0n) is 11.0. The molecule has 0 radical (unpaired) electrons. The molecule has 0 unspecified atom stereocenters. The van der Waals surface area contributed by atoms with E-state index in [1.54, 1.807) is 0 Å². The molecule has 0 saturated carbocycles. The number of benzene rings is 1. The second kappa shape index (κ2) is 4.76. The summed E-state index contributed by atoms with van der Waals surface area (Å²) in [6.07, 6.45) is 3.11. The van der Waals surface area contributed by atoms with Crippen LogP contribution in [0.2, 0.25) is 0 Å². The van der Waals surface area contributed by atoms with Gasteiger partial charge in [0.2, 0.25) is 17.6 Å². The van der Waals surface area contributed by atoms with Crippen LogP contribution in [0.4, 0.5) is 10.1 Å². The van der Waals surface area contributed by atoms with E-state index in [-0.39, 0.29) is 17.4 Å². The van der Waals surface area contributed by atoms with E-state index in [9.17, 15) is 24.7 Å². The van der Waals surface area contributed by atoms with E-state index in [0.29, 0.717) is 24.0 Å². The number of fused-ring (bicyclic) bond motifs is 1.